The van der Waals surface area contributed by atoms with Crippen molar-refractivity contribution in [2.24, 2.45) is 0 Å². The van der Waals surface area contributed by atoms with Crippen molar-refractivity contribution in [3.8, 4) is 0 Å². The molecule has 51 heavy (non-hydrogen) atoms. The van der Waals surface area contributed by atoms with Crippen LogP contribution in [0.25, 0.3) is 0 Å². The molecule has 0 spiro atoms. The Labute approximate surface area is 323 Å². The number of hydrogen-bond acceptors (Lipinski definition) is 5. The van der Waals surface area contributed by atoms with Crippen molar-refractivity contribution in [2.45, 2.75) is 234 Å². The number of nitrogens with zero attached hydrogens (tertiary/aromatic N) is 5. The normalized spacial score (nSPS) is 23.1. The van der Waals surface area contributed by atoms with E-state index in [1.807, 2.05) is 0 Å². The van der Waals surface area contributed by atoms with Crippen LogP contribution in [0.3, 0.4) is 0 Å². The molecule has 0 aliphatic carbocycles. The van der Waals surface area contributed by atoms with E-state index in [2.05, 4.69) is 128 Å². The van der Waals surface area contributed by atoms with E-state index in [-0.39, 0.29) is 0 Å². The lowest BCUT2D eigenvalue weighted by atomic mass is 10.0. The Balaban J connectivity index is 0.000000319. The molecule has 0 aromatic rings. The third-order valence-electron chi connectivity index (χ3n) is 11.8. The molecule has 5 nitrogen and oxygen atoms in total. The lowest BCUT2D eigenvalue weighted by molar-refractivity contribution is 0.110. The Morgan fingerprint density at radius 3 is 0.392 bits per heavy atom. The summed E-state index contributed by atoms with van der Waals surface area (Å²) in [5.41, 5.74) is 2.01. The molecule has 5 rings (SSSR count). The van der Waals surface area contributed by atoms with Crippen LogP contribution in [0.4, 0.5) is 0 Å². The molecular weight excluding hydrogens is 623 g/mol. The van der Waals surface area contributed by atoms with Crippen LogP contribution in [-0.2, 0) is 0 Å². The van der Waals surface area contributed by atoms with Gasteiger partial charge >= 0.3 is 0 Å². The van der Waals surface area contributed by atoms with Crippen molar-refractivity contribution in [1.29, 1.82) is 0 Å². The van der Waals surface area contributed by atoms with E-state index in [0.717, 1.165) is 0 Å². The second-order valence-electron chi connectivity index (χ2n) is 21.4. The second-order valence-corrected chi connectivity index (χ2v) is 21.4. The van der Waals surface area contributed by atoms with Crippen LogP contribution in [0.2, 0.25) is 0 Å². The topological polar surface area (TPSA) is 16.2 Å². The first kappa shape index (κ1) is 48.8. The summed E-state index contributed by atoms with van der Waals surface area (Å²) >= 11 is 0. The highest BCUT2D eigenvalue weighted by atomic mass is 15.2. The molecule has 0 atom stereocenters. The van der Waals surface area contributed by atoms with Gasteiger partial charge in [-0.25, -0.2) is 0 Å². The van der Waals surface area contributed by atoms with Gasteiger partial charge in [0.15, 0.2) is 0 Å². The molecule has 0 amide bonds. The summed E-state index contributed by atoms with van der Waals surface area (Å²) in [6.45, 7) is 47.7. The predicted octanol–water partition coefficient (Wildman–Crippen LogP) is 11.7. The third-order valence-corrected chi connectivity index (χ3v) is 11.8. The first-order valence-corrected chi connectivity index (χ1v) is 22.3. The fourth-order valence-corrected chi connectivity index (χ4v) is 8.00. The SMILES string of the molecule is CC(C)(C)N1CCCC1.CC(C)(C)N1CCCCC1.CC(C)(C)N1CCCCC1.CC(C)(C)N1CCCCCC1.CC(C)(C)N1CCCCCC1. The second kappa shape index (κ2) is 23.7. The molecule has 0 aromatic carbocycles. The van der Waals surface area contributed by atoms with Gasteiger partial charge in [0.2, 0.25) is 0 Å². The minimum atomic E-state index is 0.393. The van der Waals surface area contributed by atoms with Gasteiger partial charge in [0.05, 0.1) is 0 Å². The van der Waals surface area contributed by atoms with E-state index in [4.69, 9.17) is 0 Å². The third kappa shape index (κ3) is 22.7. The van der Waals surface area contributed by atoms with Crippen molar-refractivity contribution in [3.05, 3.63) is 0 Å². The minimum absolute atomic E-state index is 0.393. The zero-order valence-corrected chi connectivity index (χ0v) is 38.1. The minimum Gasteiger partial charge on any atom is -0.298 e. The highest BCUT2D eigenvalue weighted by Crippen LogP contribution is 2.22. The van der Waals surface area contributed by atoms with Gasteiger partial charge in [-0.05, 0) is 234 Å². The standard InChI is InChI=1S/2C10H21N.2C9H19N.C8H17N/c2*1-10(2,3)11-8-6-4-5-7-9-11;2*1-9(2,3)10-7-5-4-6-8-10;1-8(2,3)9-6-4-5-7-9/h2*4-9H2,1-3H3;2*4-8H2,1-3H3;4-7H2,1-3H3. The first-order chi connectivity index (χ1) is 23.5. The average molecular weight is 720 g/mol. The monoisotopic (exact) mass is 720 g/mol. The van der Waals surface area contributed by atoms with E-state index in [1.54, 1.807) is 0 Å². The summed E-state index contributed by atoms with van der Waals surface area (Å²) in [6, 6.07) is 0. The largest absolute Gasteiger partial charge is 0.298 e. The Morgan fingerprint density at radius 1 is 0.176 bits per heavy atom. The Kier molecular flexibility index (Phi) is 22.6. The Bertz CT molecular complexity index is 757. The van der Waals surface area contributed by atoms with Gasteiger partial charge in [-0.1, -0.05) is 38.5 Å². The molecule has 306 valence electrons. The number of piperidine rings is 2. The average Bonchev–Trinajstić information content (AvgIpc) is 3.26. The van der Waals surface area contributed by atoms with Gasteiger partial charge in [0.1, 0.15) is 0 Å². The van der Waals surface area contributed by atoms with Gasteiger partial charge in [-0.3, -0.25) is 24.5 Å². The highest BCUT2D eigenvalue weighted by molar-refractivity contribution is 4.81. The first-order valence-electron chi connectivity index (χ1n) is 22.3. The van der Waals surface area contributed by atoms with Gasteiger partial charge < -0.3 is 0 Å². The molecule has 0 unspecified atom stereocenters. The summed E-state index contributed by atoms with van der Waals surface area (Å²) < 4.78 is 0. The van der Waals surface area contributed by atoms with Crippen LogP contribution in [0.5, 0.6) is 0 Å². The van der Waals surface area contributed by atoms with Crippen molar-refractivity contribution in [1.82, 2.24) is 24.5 Å². The van der Waals surface area contributed by atoms with Gasteiger partial charge in [-0.15, -0.1) is 0 Å². The Hall–Kier alpha value is -0.200. The molecule has 0 aromatic heterocycles. The summed E-state index contributed by atoms with van der Waals surface area (Å²) in [6.07, 6.45) is 22.6. The molecule has 5 heteroatoms. The number of likely N-dealkylation sites (tertiary alicyclic amines) is 5. The van der Waals surface area contributed by atoms with Crippen molar-refractivity contribution in [2.75, 3.05) is 65.4 Å². The van der Waals surface area contributed by atoms with Gasteiger partial charge in [-0.2, -0.15) is 0 Å². The molecule has 5 heterocycles. The molecule has 0 N–H and O–H groups in total. The highest BCUT2D eigenvalue weighted by Gasteiger charge is 2.25. The summed E-state index contributed by atoms with van der Waals surface area (Å²) in [7, 11) is 0. The van der Waals surface area contributed by atoms with Crippen molar-refractivity contribution in [3.63, 3.8) is 0 Å². The van der Waals surface area contributed by atoms with Crippen LogP contribution < -0.4 is 0 Å². The van der Waals surface area contributed by atoms with E-state index in [1.165, 1.54) is 168 Å². The zero-order chi connectivity index (χ0) is 38.8. The Morgan fingerprint density at radius 2 is 0.275 bits per heavy atom. The molecule has 0 saturated carbocycles. The number of rotatable bonds is 0. The lowest BCUT2D eigenvalue weighted by Gasteiger charge is -2.38. The molecular formula is C46H97N5. The quantitative estimate of drug-likeness (QED) is 0.247. The van der Waals surface area contributed by atoms with E-state index < -0.39 is 0 Å². The smallest absolute Gasteiger partial charge is 0.0125 e. The van der Waals surface area contributed by atoms with Crippen molar-refractivity contribution < 1.29 is 0 Å². The van der Waals surface area contributed by atoms with Crippen LogP contribution in [0.15, 0.2) is 0 Å². The van der Waals surface area contributed by atoms with Crippen LogP contribution in [0, 0.1) is 0 Å². The van der Waals surface area contributed by atoms with Gasteiger partial charge in [0.25, 0.3) is 0 Å². The van der Waals surface area contributed by atoms with Crippen LogP contribution >= 0.6 is 0 Å². The fourth-order valence-electron chi connectivity index (χ4n) is 8.00. The molecule has 0 bridgehead atoms. The van der Waals surface area contributed by atoms with E-state index in [0.29, 0.717) is 27.7 Å². The van der Waals surface area contributed by atoms with E-state index >= 15 is 0 Å². The predicted molar refractivity (Wildman–Crippen MR) is 231 cm³/mol. The summed E-state index contributed by atoms with van der Waals surface area (Å²) in [5.74, 6) is 0. The zero-order valence-electron chi connectivity index (χ0n) is 38.1. The van der Waals surface area contributed by atoms with Gasteiger partial charge in [0, 0.05) is 27.7 Å². The van der Waals surface area contributed by atoms with Crippen LogP contribution in [-0.4, -0.2) is 118 Å². The molecule has 5 saturated heterocycles. The molecule has 5 fully saturated rings. The molecule has 5 aliphatic rings. The maximum atomic E-state index is 2.61. The number of hydrogen-bond donors (Lipinski definition) is 0. The summed E-state index contributed by atoms with van der Waals surface area (Å²) in [4.78, 5) is 12.9. The maximum absolute atomic E-state index is 2.61. The van der Waals surface area contributed by atoms with Crippen LogP contribution in [0.1, 0.15) is 207 Å². The van der Waals surface area contributed by atoms with E-state index in [9.17, 15) is 0 Å². The maximum Gasteiger partial charge on any atom is 0.0125 e. The van der Waals surface area contributed by atoms with Crippen molar-refractivity contribution >= 4 is 0 Å². The summed E-state index contributed by atoms with van der Waals surface area (Å²) in [5, 5.41) is 0. The molecule has 5 aliphatic heterocycles. The molecule has 0 radical (unpaired) electrons. The fraction of sp³-hybridized carbons (Fsp3) is 1.00. The lowest BCUT2D eigenvalue weighted by Crippen LogP contribution is -2.44.